The van der Waals surface area contributed by atoms with E-state index in [0.29, 0.717) is 60.4 Å². The lowest BCUT2D eigenvalue weighted by Gasteiger charge is -2.39. The monoisotopic (exact) mass is 630 g/mol. The number of aliphatic hydroxyl groups is 1. The molecular weight excluding hydrogens is 584 g/mol. The van der Waals surface area contributed by atoms with E-state index >= 15 is 0 Å². The van der Waals surface area contributed by atoms with Crippen molar-refractivity contribution >= 4 is 23.0 Å². The zero-order valence-electron chi connectivity index (χ0n) is 27.6. The van der Waals surface area contributed by atoms with Crippen molar-refractivity contribution in [2.24, 2.45) is 0 Å². The number of piperidine rings is 2. The van der Waals surface area contributed by atoms with Crippen LogP contribution in [0.25, 0.3) is 22.3 Å². The number of aromatic nitrogens is 2. The molecule has 0 aliphatic carbocycles. The summed E-state index contributed by atoms with van der Waals surface area (Å²) in [6.07, 6.45) is 7.51. The fourth-order valence-corrected chi connectivity index (χ4v) is 7.47. The number of fused-ring (bicyclic) bond motifs is 5. The first-order valence-corrected chi connectivity index (χ1v) is 17.1. The number of rotatable bonds is 4. The van der Waals surface area contributed by atoms with Crippen LogP contribution >= 0.6 is 0 Å². The summed E-state index contributed by atoms with van der Waals surface area (Å²) in [4.78, 5) is 48.5. The van der Waals surface area contributed by atoms with Gasteiger partial charge in [0.15, 0.2) is 5.60 Å². The first-order valence-electron chi connectivity index (χ1n) is 17.1. The molecule has 0 saturated carbocycles. The summed E-state index contributed by atoms with van der Waals surface area (Å²) in [5.74, 6) is -0.266. The second-order valence-electron chi connectivity index (χ2n) is 12.9. The Hall–Kier alpha value is -3.76. The number of esters is 1. The summed E-state index contributed by atoms with van der Waals surface area (Å²) in [5, 5.41) is 12.0. The number of cyclic esters (lactones) is 1. The van der Waals surface area contributed by atoms with Crippen molar-refractivity contribution < 1.29 is 24.2 Å². The maximum Gasteiger partial charge on any atom is 0.415 e. The topological polar surface area (TPSA) is 114 Å². The molecule has 46 heavy (non-hydrogen) atoms. The van der Waals surface area contributed by atoms with Gasteiger partial charge in [0.2, 0.25) is 0 Å². The third-order valence-corrected chi connectivity index (χ3v) is 9.97. The van der Waals surface area contributed by atoms with Crippen molar-refractivity contribution in [3.8, 4) is 17.1 Å². The van der Waals surface area contributed by atoms with Crippen molar-refractivity contribution in [2.75, 3.05) is 26.2 Å². The summed E-state index contributed by atoms with van der Waals surface area (Å²) in [6, 6.07) is 7.77. The van der Waals surface area contributed by atoms with E-state index in [-0.39, 0.29) is 24.7 Å². The summed E-state index contributed by atoms with van der Waals surface area (Å²) in [6.45, 7) is 11.9. The van der Waals surface area contributed by atoms with Crippen LogP contribution < -0.4 is 10.3 Å². The van der Waals surface area contributed by atoms with Crippen molar-refractivity contribution in [2.45, 2.75) is 104 Å². The Bertz CT molecular complexity index is 1700. The Balaban J connectivity index is 0.00000119. The van der Waals surface area contributed by atoms with Crippen molar-refractivity contribution in [3.63, 3.8) is 0 Å². The van der Waals surface area contributed by atoms with Gasteiger partial charge in [-0.3, -0.25) is 4.79 Å². The number of pyridine rings is 2. The van der Waals surface area contributed by atoms with E-state index in [1.165, 1.54) is 38.8 Å². The Morgan fingerprint density at radius 3 is 2.41 bits per heavy atom. The molecule has 6 heterocycles. The molecule has 2 aromatic heterocycles. The number of benzene rings is 1. The minimum absolute atomic E-state index is 0.0951. The van der Waals surface area contributed by atoms with Gasteiger partial charge < -0.3 is 28.9 Å². The van der Waals surface area contributed by atoms with Crippen LogP contribution in [-0.2, 0) is 34.7 Å². The van der Waals surface area contributed by atoms with Gasteiger partial charge in [0.25, 0.3) is 5.56 Å². The average Bonchev–Trinajstić information content (AvgIpc) is 3.45. The SMILES string of the molecule is CCC.CCc1c2c(nc3ccc(OC(=O)N4CCC(N5CCCCC5)CC4)cc13)-c1cc3c(c(=O)n1C2)COC(=O)C3(O)CC. The van der Waals surface area contributed by atoms with Crippen molar-refractivity contribution in [1.82, 2.24) is 19.4 Å². The van der Waals surface area contributed by atoms with Gasteiger partial charge in [-0.15, -0.1) is 0 Å². The number of hydrogen-bond acceptors (Lipinski definition) is 8. The van der Waals surface area contributed by atoms with Crippen LogP contribution in [0, 0.1) is 0 Å². The number of aryl methyl sites for hydroxylation is 1. The molecule has 2 fully saturated rings. The maximum absolute atomic E-state index is 13.6. The average molecular weight is 631 g/mol. The van der Waals surface area contributed by atoms with Crippen LogP contribution in [0.4, 0.5) is 4.79 Å². The van der Waals surface area contributed by atoms with Crippen molar-refractivity contribution in [3.05, 3.63) is 56.9 Å². The summed E-state index contributed by atoms with van der Waals surface area (Å²) >= 11 is 0. The molecule has 7 rings (SSSR count). The van der Waals surface area contributed by atoms with E-state index in [9.17, 15) is 19.5 Å². The lowest BCUT2D eigenvalue weighted by Crippen LogP contribution is -2.48. The van der Waals surface area contributed by atoms with Crippen LogP contribution in [0.5, 0.6) is 5.75 Å². The van der Waals surface area contributed by atoms with Crippen LogP contribution in [0.15, 0.2) is 29.1 Å². The number of carbonyl (C=O) groups excluding carboxylic acids is 2. The van der Waals surface area contributed by atoms with Crippen LogP contribution in [0.1, 0.15) is 94.9 Å². The van der Waals surface area contributed by atoms with E-state index in [4.69, 9.17) is 14.5 Å². The summed E-state index contributed by atoms with van der Waals surface area (Å²) < 4.78 is 12.7. The fourth-order valence-electron chi connectivity index (χ4n) is 7.47. The van der Waals surface area contributed by atoms with E-state index in [2.05, 4.69) is 25.7 Å². The predicted molar refractivity (Wildman–Crippen MR) is 176 cm³/mol. The van der Waals surface area contributed by atoms with Crippen molar-refractivity contribution in [1.29, 1.82) is 0 Å². The zero-order chi connectivity index (χ0) is 32.6. The van der Waals surface area contributed by atoms with Crippen LogP contribution in [0.3, 0.4) is 0 Å². The molecular formula is C36H46N4O6. The molecule has 246 valence electrons. The molecule has 4 aliphatic heterocycles. The van der Waals surface area contributed by atoms with E-state index < -0.39 is 11.6 Å². The Labute approximate surface area is 270 Å². The molecule has 1 amide bonds. The second kappa shape index (κ2) is 13.2. The van der Waals surface area contributed by atoms with Gasteiger partial charge in [0.1, 0.15) is 12.4 Å². The van der Waals surface area contributed by atoms with Gasteiger partial charge >= 0.3 is 12.1 Å². The maximum atomic E-state index is 13.6. The highest BCUT2D eigenvalue weighted by molar-refractivity contribution is 5.90. The Kier molecular flexibility index (Phi) is 9.21. The predicted octanol–water partition coefficient (Wildman–Crippen LogP) is 5.51. The number of ether oxygens (including phenoxy) is 2. The largest absolute Gasteiger partial charge is 0.458 e. The number of carbonyl (C=O) groups is 2. The van der Waals surface area contributed by atoms with E-state index in [0.717, 1.165) is 34.9 Å². The lowest BCUT2D eigenvalue weighted by molar-refractivity contribution is -0.172. The number of amides is 1. The minimum atomic E-state index is -1.86. The Morgan fingerprint density at radius 2 is 1.74 bits per heavy atom. The molecule has 4 aliphatic rings. The Morgan fingerprint density at radius 1 is 1.02 bits per heavy atom. The molecule has 3 aromatic rings. The van der Waals surface area contributed by atoms with Crippen LogP contribution in [0.2, 0.25) is 0 Å². The molecule has 10 heteroatoms. The molecule has 2 saturated heterocycles. The van der Waals surface area contributed by atoms with Gasteiger partial charge in [-0.2, -0.15) is 0 Å². The van der Waals surface area contributed by atoms with Gasteiger partial charge in [0.05, 0.1) is 29.0 Å². The number of nitrogens with zero attached hydrogens (tertiary/aromatic N) is 4. The molecule has 0 spiro atoms. The molecule has 1 unspecified atom stereocenters. The molecule has 1 atom stereocenters. The van der Waals surface area contributed by atoms with E-state index in [1.807, 2.05) is 17.0 Å². The molecule has 0 bridgehead atoms. The first-order chi connectivity index (χ1) is 22.2. The second-order valence-corrected chi connectivity index (χ2v) is 12.9. The molecule has 1 N–H and O–H groups in total. The molecule has 0 radical (unpaired) electrons. The highest BCUT2D eigenvalue weighted by atomic mass is 16.6. The lowest BCUT2D eigenvalue weighted by atomic mass is 9.86. The number of likely N-dealkylation sites (tertiary alicyclic amines) is 2. The standard InChI is InChI=1S/C33H38N4O6.C3H8/c1-3-22-23-16-21(43-32(40)36-14-10-20(11-15-36)35-12-6-5-7-13-35)8-9-27(23)34-29-24(22)18-37-28(29)17-26-25(30(37)38)19-42-31(39)33(26,41)4-2;1-3-2/h8-9,16-17,20,41H,3-7,10-15,18-19H2,1-2H3;3H2,1-2H3. The van der Waals surface area contributed by atoms with Gasteiger partial charge in [-0.05, 0) is 81.4 Å². The van der Waals surface area contributed by atoms with Crippen LogP contribution in [-0.4, -0.2) is 68.7 Å². The van der Waals surface area contributed by atoms with Gasteiger partial charge in [-0.1, -0.05) is 40.5 Å². The third-order valence-electron chi connectivity index (χ3n) is 9.97. The van der Waals surface area contributed by atoms with Gasteiger partial charge in [0, 0.05) is 35.6 Å². The van der Waals surface area contributed by atoms with Gasteiger partial charge in [-0.25, -0.2) is 14.6 Å². The summed E-state index contributed by atoms with van der Waals surface area (Å²) in [5.41, 5.74) is 2.38. The highest BCUT2D eigenvalue weighted by Gasteiger charge is 2.45. The molecule has 10 nitrogen and oxygen atoms in total. The normalized spacial score (nSPS) is 21.2. The fraction of sp³-hybridized carbons (Fsp3) is 0.556. The number of hydrogen-bond donors (Lipinski definition) is 1. The first kappa shape index (κ1) is 32.2. The quantitative estimate of drug-likeness (QED) is 0.294. The van der Waals surface area contributed by atoms with E-state index in [1.54, 1.807) is 23.6 Å². The third kappa shape index (κ3) is 5.59. The molecule has 1 aromatic carbocycles. The zero-order valence-corrected chi connectivity index (χ0v) is 27.6. The highest BCUT2D eigenvalue weighted by Crippen LogP contribution is 2.41. The summed E-state index contributed by atoms with van der Waals surface area (Å²) in [7, 11) is 0. The minimum Gasteiger partial charge on any atom is -0.458 e. The smallest absolute Gasteiger partial charge is 0.415 e.